The van der Waals surface area contributed by atoms with E-state index in [1.54, 1.807) is 22.9 Å². The monoisotopic (exact) mass is 285 g/mol. The van der Waals surface area contributed by atoms with Crippen LogP contribution in [0.25, 0.3) is 17.1 Å². The molecule has 0 unspecified atom stereocenters. The predicted molar refractivity (Wildman–Crippen MR) is 78.7 cm³/mol. The molecule has 0 atom stereocenters. The van der Waals surface area contributed by atoms with E-state index in [4.69, 9.17) is 17.3 Å². The van der Waals surface area contributed by atoms with Gasteiger partial charge in [0.15, 0.2) is 5.82 Å². The van der Waals surface area contributed by atoms with Gasteiger partial charge in [-0.3, -0.25) is 0 Å². The first-order valence-corrected chi connectivity index (χ1v) is 6.44. The van der Waals surface area contributed by atoms with Gasteiger partial charge in [-0.05, 0) is 47.2 Å². The molecular weight excluding hydrogens is 274 g/mol. The number of para-hydroxylation sites is 1. The topological polar surface area (TPSA) is 69.6 Å². The van der Waals surface area contributed by atoms with Gasteiger partial charge in [0.2, 0.25) is 0 Å². The maximum atomic E-state index is 6.04. The average Bonchev–Trinajstić information content (AvgIpc) is 2.87. The highest BCUT2D eigenvalue weighted by Gasteiger charge is 2.13. The Bertz CT molecular complexity index is 746. The molecule has 20 heavy (non-hydrogen) atoms. The average molecular weight is 286 g/mol. The zero-order chi connectivity index (χ0) is 14.1. The smallest absolute Gasteiger partial charge is 0.187 e. The van der Waals surface area contributed by atoms with Crippen molar-refractivity contribution in [3.05, 3.63) is 53.1 Å². The SMILES string of the molecule is Cc1ccccc1-n1nnnc1-c1cc(N)cc(Cl)c1. The molecule has 3 rings (SSSR count). The van der Waals surface area contributed by atoms with E-state index in [-0.39, 0.29) is 0 Å². The highest BCUT2D eigenvalue weighted by atomic mass is 35.5. The van der Waals surface area contributed by atoms with E-state index in [0.717, 1.165) is 16.8 Å². The summed E-state index contributed by atoms with van der Waals surface area (Å²) in [6.45, 7) is 2.01. The molecule has 0 fully saturated rings. The number of nitrogen functional groups attached to an aromatic ring is 1. The number of aryl methyl sites for hydroxylation is 1. The van der Waals surface area contributed by atoms with Crippen LogP contribution >= 0.6 is 11.6 Å². The van der Waals surface area contributed by atoms with Gasteiger partial charge in [0, 0.05) is 16.3 Å². The summed E-state index contributed by atoms with van der Waals surface area (Å²) in [4.78, 5) is 0. The summed E-state index contributed by atoms with van der Waals surface area (Å²) in [5.74, 6) is 0.605. The summed E-state index contributed by atoms with van der Waals surface area (Å²) in [5.41, 5.74) is 9.18. The third-order valence-electron chi connectivity index (χ3n) is 2.99. The molecule has 0 amide bonds. The molecule has 1 aromatic heterocycles. The number of anilines is 1. The summed E-state index contributed by atoms with van der Waals surface area (Å²) in [5, 5.41) is 12.4. The Balaban J connectivity index is 2.18. The molecule has 2 N–H and O–H groups in total. The normalized spacial score (nSPS) is 10.7. The van der Waals surface area contributed by atoms with Crippen LogP contribution in [-0.2, 0) is 0 Å². The molecule has 5 nitrogen and oxygen atoms in total. The van der Waals surface area contributed by atoms with Gasteiger partial charge in [0.1, 0.15) is 0 Å². The van der Waals surface area contributed by atoms with E-state index in [1.807, 2.05) is 31.2 Å². The summed E-state index contributed by atoms with van der Waals surface area (Å²) < 4.78 is 1.68. The molecule has 1 heterocycles. The first-order chi connectivity index (χ1) is 9.65. The number of rotatable bonds is 2. The van der Waals surface area contributed by atoms with Crippen LogP contribution in [0.5, 0.6) is 0 Å². The molecular formula is C14H12ClN5. The Kier molecular flexibility index (Phi) is 3.12. The minimum absolute atomic E-state index is 0.555. The predicted octanol–water partition coefficient (Wildman–Crippen LogP) is 2.87. The third-order valence-corrected chi connectivity index (χ3v) is 3.21. The Labute approximate surface area is 121 Å². The van der Waals surface area contributed by atoms with Crippen LogP contribution < -0.4 is 5.73 Å². The number of benzene rings is 2. The second-order valence-corrected chi connectivity index (χ2v) is 4.91. The van der Waals surface area contributed by atoms with Crippen LogP contribution in [0.2, 0.25) is 5.02 Å². The van der Waals surface area contributed by atoms with Crippen molar-refractivity contribution in [2.75, 3.05) is 5.73 Å². The fraction of sp³-hybridized carbons (Fsp3) is 0.0714. The molecule has 0 radical (unpaired) electrons. The maximum Gasteiger partial charge on any atom is 0.187 e. The number of nitrogens with zero attached hydrogens (tertiary/aromatic N) is 4. The minimum Gasteiger partial charge on any atom is -0.399 e. The quantitative estimate of drug-likeness (QED) is 0.735. The summed E-state index contributed by atoms with van der Waals surface area (Å²) >= 11 is 6.04. The van der Waals surface area contributed by atoms with Gasteiger partial charge in [-0.15, -0.1) is 5.10 Å². The zero-order valence-corrected chi connectivity index (χ0v) is 11.5. The van der Waals surface area contributed by atoms with Crippen LogP contribution in [0.4, 0.5) is 5.69 Å². The van der Waals surface area contributed by atoms with Crippen molar-refractivity contribution in [1.29, 1.82) is 0 Å². The van der Waals surface area contributed by atoms with Crippen molar-refractivity contribution in [3.8, 4) is 17.1 Å². The summed E-state index contributed by atoms with van der Waals surface area (Å²) in [7, 11) is 0. The number of nitrogens with two attached hydrogens (primary N) is 1. The van der Waals surface area contributed by atoms with Crippen molar-refractivity contribution < 1.29 is 0 Å². The molecule has 0 saturated heterocycles. The van der Waals surface area contributed by atoms with Gasteiger partial charge in [0.05, 0.1) is 5.69 Å². The van der Waals surface area contributed by atoms with E-state index in [2.05, 4.69) is 15.5 Å². The molecule has 6 heteroatoms. The van der Waals surface area contributed by atoms with Crippen molar-refractivity contribution in [3.63, 3.8) is 0 Å². The molecule has 0 saturated carbocycles. The number of aromatic nitrogens is 4. The zero-order valence-electron chi connectivity index (χ0n) is 10.8. The molecule has 2 aromatic carbocycles. The maximum absolute atomic E-state index is 6.04. The van der Waals surface area contributed by atoms with Crippen molar-refractivity contribution >= 4 is 17.3 Å². The van der Waals surface area contributed by atoms with Crippen molar-refractivity contribution in [1.82, 2.24) is 20.2 Å². The molecule has 0 aliphatic heterocycles. The van der Waals surface area contributed by atoms with E-state index in [9.17, 15) is 0 Å². The largest absolute Gasteiger partial charge is 0.399 e. The highest BCUT2D eigenvalue weighted by Crippen LogP contribution is 2.26. The van der Waals surface area contributed by atoms with Gasteiger partial charge >= 0.3 is 0 Å². The molecule has 0 spiro atoms. The number of hydrogen-bond acceptors (Lipinski definition) is 4. The number of tetrazole rings is 1. The Morgan fingerprint density at radius 2 is 1.95 bits per heavy atom. The molecule has 0 bridgehead atoms. The Hall–Kier alpha value is -2.40. The standard InChI is InChI=1S/C14H12ClN5/c1-9-4-2-3-5-13(9)20-14(17-18-19-20)10-6-11(15)8-12(16)7-10/h2-8H,16H2,1H3. The van der Waals surface area contributed by atoms with E-state index in [1.165, 1.54) is 0 Å². The van der Waals surface area contributed by atoms with E-state index < -0.39 is 0 Å². The van der Waals surface area contributed by atoms with Gasteiger partial charge in [-0.25, -0.2) is 0 Å². The van der Waals surface area contributed by atoms with Crippen LogP contribution in [0.15, 0.2) is 42.5 Å². The highest BCUT2D eigenvalue weighted by molar-refractivity contribution is 6.31. The summed E-state index contributed by atoms with van der Waals surface area (Å²) in [6, 6.07) is 13.2. The third kappa shape index (κ3) is 2.23. The van der Waals surface area contributed by atoms with Gasteiger partial charge in [0.25, 0.3) is 0 Å². The lowest BCUT2D eigenvalue weighted by Crippen LogP contribution is -2.02. The van der Waals surface area contributed by atoms with Crippen LogP contribution in [0.1, 0.15) is 5.56 Å². The van der Waals surface area contributed by atoms with Gasteiger partial charge < -0.3 is 5.73 Å². The molecule has 0 aliphatic carbocycles. The van der Waals surface area contributed by atoms with E-state index >= 15 is 0 Å². The lowest BCUT2D eigenvalue weighted by atomic mass is 10.1. The number of halogens is 1. The lowest BCUT2D eigenvalue weighted by molar-refractivity contribution is 0.787. The first-order valence-electron chi connectivity index (χ1n) is 6.06. The Morgan fingerprint density at radius 3 is 2.70 bits per heavy atom. The number of hydrogen-bond donors (Lipinski definition) is 1. The lowest BCUT2D eigenvalue weighted by Gasteiger charge is -2.08. The first kappa shape index (κ1) is 12.6. The molecule has 3 aromatic rings. The molecule has 100 valence electrons. The van der Waals surface area contributed by atoms with Crippen LogP contribution in [0.3, 0.4) is 0 Å². The van der Waals surface area contributed by atoms with Gasteiger partial charge in [-0.2, -0.15) is 4.68 Å². The summed E-state index contributed by atoms with van der Waals surface area (Å²) in [6.07, 6.45) is 0. The van der Waals surface area contributed by atoms with Crippen LogP contribution in [-0.4, -0.2) is 20.2 Å². The second-order valence-electron chi connectivity index (χ2n) is 4.47. The van der Waals surface area contributed by atoms with Crippen molar-refractivity contribution in [2.45, 2.75) is 6.92 Å². The molecule has 0 aliphatic rings. The van der Waals surface area contributed by atoms with Crippen LogP contribution in [0, 0.1) is 6.92 Å². The Morgan fingerprint density at radius 1 is 1.15 bits per heavy atom. The second kappa shape index (κ2) is 4.94. The van der Waals surface area contributed by atoms with E-state index in [0.29, 0.717) is 16.5 Å². The van der Waals surface area contributed by atoms with Crippen molar-refractivity contribution in [2.24, 2.45) is 0 Å². The fourth-order valence-corrected chi connectivity index (χ4v) is 2.32. The minimum atomic E-state index is 0.555. The fourth-order valence-electron chi connectivity index (χ4n) is 2.07. The van der Waals surface area contributed by atoms with Gasteiger partial charge in [-0.1, -0.05) is 29.8 Å².